The van der Waals surface area contributed by atoms with E-state index >= 15 is 0 Å². The summed E-state index contributed by atoms with van der Waals surface area (Å²) in [5.74, 6) is -4.43. The first-order chi connectivity index (χ1) is 34.1. The number of hydrogen-bond acceptors (Lipinski definition) is 15. The first-order valence-electron chi connectivity index (χ1n) is 25.2. The Morgan fingerprint density at radius 1 is 0.583 bits per heavy atom. The summed E-state index contributed by atoms with van der Waals surface area (Å²) in [4.78, 5) is 131. The molecule has 8 atom stereocenters. The summed E-state index contributed by atoms with van der Waals surface area (Å²) < 4.78 is 11.4. The standard InChI is InChI=1S/C26H39N3O6S.C25H39N3O6S2/c1-6-20-24(32)29-22(16(4)5)26(34)35-18-9-7-8-11-36-12-10-21(25(33)27-20)28-23(31)19(15(2)3)14-17(30)13-18;1-6-18-24(32)28-22(15(4)5)25(33)34-17-9-7-8-10-35-36-13-16(23(31)26-18)11-19(29)21(14(2)3)27-20(30)12-17/h6-7,9,15-16,18-19,21-22H,8,10-14H2,1-5H3,(H,27,33)(H,28,31)(H,29,32);6,14-17,21-22H,7-13H2,1-5H3,(H,26,31)(H,27,30)(H,28,32)/b9-7+,20-6-;18-6+/t18-,19-,21-,22+;16-,17-,21-,22-/m11/s1. The molecule has 0 spiro atoms. The van der Waals surface area contributed by atoms with Crippen molar-refractivity contribution < 1.29 is 57.4 Å². The number of hydrogen-bond donors (Lipinski definition) is 6. The normalized spacial score (nSPS) is 29.6. The van der Waals surface area contributed by atoms with Gasteiger partial charge in [0.1, 0.15) is 47.5 Å². The van der Waals surface area contributed by atoms with Crippen LogP contribution in [0.25, 0.3) is 0 Å². The van der Waals surface area contributed by atoms with Crippen LogP contribution in [0.4, 0.5) is 0 Å². The molecule has 6 amide bonds. The molecule has 6 N–H and O–H groups in total. The number of thioether (sulfide) groups is 1. The predicted octanol–water partition coefficient (Wildman–Crippen LogP) is 5.01. The quantitative estimate of drug-likeness (QED) is 0.0937. The van der Waals surface area contributed by atoms with Crippen LogP contribution in [0.1, 0.15) is 127 Å². The van der Waals surface area contributed by atoms with Crippen molar-refractivity contribution in [2.75, 3.05) is 23.0 Å². The van der Waals surface area contributed by atoms with Crippen LogP contribution in [0.3, 0.4) is 0 Å². The highest BCUT2D eigenvalue weighted by Crippen LogP contribution is 2.29. The number of amides is 6. The Bertz CT molecular complexity index is 2040. The molecule has 3 saturated heterocycles. The lowest BCUT2D eigenvalue weighted by molar-refractivity contribution is -0.156. The third kappa shape index (κ3) is 20.3. The van der Waals surface area contributed by atoms with Crippen LogP contribution in [0.5, 0.6) is 0 Å². The summed E-state index contributed by atoms with van der Waals surface area (Å²) in [6.07, 6.45) is 7.92. The molecule has 0 saturated carbocycles. The van der Waals surface area contributed by atoms with E-state index in [0.29, 0.717) is 30.8 Å². The van der Waals surface area contributed by atoms with E-state index in [9.17, 15) is 47.9 Å². The van der Waals surface area contributed by atoms with Gasteiger partial charge in [-0.1, -0.05) is 95.2 Å². The van der Waals surface area contributed by atoms with Gasteiger partial charge in [-0.3, -0.25) is 38.4 Å². The van der Waals surface area contributed by atoms with E-state index in [1.807, 2.05) is 33.8 Å². The zero-order valence-corrected chi connectivity index (χ0v) is 46.0. The number of carbonyl (C=O) groups excluding carboxylic acids is 10. The largest absolute Gasteiger partial charge is 0.460 e. The second-order valence-corrected chi connectivity index (χ2v) is 23.6. The average Bonchev–Trinajstić information content (AvgIpc) is 3.31. The maximum Gasteiger partial charge on any atom is 0.329 e. The van der Waals surface area contributed by atoms with Gasteiger partial charge in [-0.25, -0.2) is 9.59 Å². The molecule has 0 aromatic rings. The second-order valence-electron chi connectivity index (χ2n) is 19.7. The average molecular weight is 1060 g/mol. The van der Waals surface area contributed by atoms with Crippen LogP contribution in [0.15, 0.2) is 35.7 Å². The molecule has 0 aromatic heterocycles. The fourth-order valence-electron chi connectivity index (χ4n) is 8.03. The Hall–Kier alpha value is -4.63. The molecule has 0 aliphatic carbocycles. The van der Waals surface area contributed by atoms with Crippen LogP contribution in [0, 0.1) is 35.5 Å². The van der Waals surface area contributed by atoms with Crippen molar-refractivity contribution in [2.24, 2.45) is 35.5 Å². The number of rotatable bonds is 4. The monoisotopic (exact) mass is 1060 g/mol. The number of esters is 2. The summed E-state index contributed by atoms with van der Waals surface area (Å²) in [6, 6.07) is -3.58. The van der Waals surface area contributed by atoms with Gasteiger partial charge in [-0.15, -0.1) is 0 Å². The summed E-state index contributed by atoms with van der Waals surface area (Å²) in [5.41, 5.74) is -0.0102. The summed E-state index contributed by atoms with van der Waals surface area (Å²) in [7, 11) is 3.14. The van der Waals surface area contributed by atoms with Crippen molar-refractivity contribution in [3.8, 4) is 0 Å². The fraction of sp³-hybridized carbons (Fsp3) is 0.686. The minimum Gasteiger partial charge on any atom is -0.460 e. The van der Waals surface area contributed by atoms with Crippen molar-refractivity contribution in [3.63, 3.8) is 0 Å². The molecule has 4 aliphatic rings. The Kier molecular flexibility index (Phi) is 26.7. The first kappa shape index (κ1) is 61.7. The van der Waals surface area contributed by atoms with Gasteiger partial charge in [0.15, 0.2) is 5.78 Å². The van der Waals surface area contributed by atoms with Crippen LogP contribution in [-0.2, 0) is 57.4 Å². The number of allylic oxidation sites excluding steroid dienone is 3. The van der Waals surface area contributed by atoms with Gasteiger partial charge < -0.3 is 41.4 Å². The zero-order chi connectivity index (χ0) is 53.7. The van der Waals surface area contributed by atoms with Crippen LogP contribution in [0.2, 0.25) is 0 Å². The number of fused-ring (bicyclic) bond motifs is 14. The lowest BCUT2D eigenvalue weighted by atomic mass is 9.88. The Morgan fingerprint density at radius 3 is 1.76 bits per heavy atom. The maximum atomic E-state index is 13.2. The lowest BCUT2D eigenvalue weighted by Gasteiger charge is -2.27. The molecular weight excluding hydrogens is 985 g/mol. The third-order valence-electron chi connectivity index (χ3n) is 12.4. The van der Waals surface area contributed by atoms with Crippen molar-refractivity contribution >= 4 is 92.3 Å². The molecule has 4 rings (SSSR count). The highest BCUT2D eigenvalue weighted by atomic mass is 33.1. The molecule has 0 aromatic carbocycles. The van der Waals surface area contributed by atoms with Gasteiger partial charge in [0.05, 0.1) is 18.4 Å². The predicted molar refractivity (Wildman–Crippen MR) is 281 cm³/mol. The molecule has 0 unspecified atom stereocenters. The Morgan fingerprint density at radius 2 is 1.18 bits per heavy atom. The van der Waals surface area contributed by atoms with Crippen molar-refractivity contribution in [1.29, 1.82) is 0 Å². The summed E-state index contributed by atoms with van der Waals surface area (Å²) in [6.45, 7) is 17.7. The van der Waals surface area contributed by atoms with Gasteiger partial charge in [0.2, 0.25) is 23.6 Å². The van der Waals surface area contributed by atoms with E-state index in [0.717, 1.165) is 24.3 Å². The van der Waals surface area contributed by atoms with Crippen molar-refractivity contribution in [1.82, 2.24) is 31.9 Å². The second kappa shape index (κ2) is 31.2. The van der Waals surface area contributed by atoms with Crippen LogP contribution in [-0.4, -0.2) is 118 Å². The summed E-state index contributed by atoms with van der Waals surface area (Å²) >= 11 is 1.63. The minimum atomic E-state index is -0.978. The van der Waals surface area contributed by atoms with Gasteiger partial charge in [0.25, 0.3) is 11.8 Å². The van der Waals surface area contributed by atoms with Crippen LogP contribution < -0.4 is 31.9 Å². The number of nitrogens with one attached hydrogen (secondary N) is 6. The summed E-state index contributed by atoms with van der Waals surface area (Å²) in [5, 5.41) is 16.2. The number of carbonyl (C=O) groups is 10. The van der Waals surface area contributed by atoms with E-state index < -0.39 is 83.8 Å². The Labute approximate surface area is 437 Å². The molecule has 0 radical (unpaired) electrons. The van der Waals surface area contributed by atoms with Gasteiger partial charge in [-0.05, 0) is 87.2 Å². The van der Waals surface area contributed by atoms with E-state index in [1.54, 1.807) is 70.2 Å². The number of Topliss-reactive ketones (excluding diaryl/α,β-unsaturated/α-hetero) is 2. The smallest absolute Gasteiger partial charge is 0.329 e. The number of ketones is 2. The van der Waals surface area contributed by atoms with Crippen molar-refractivity contribution in [2.45, 2.75) is 163 Å². The fourth-order valence-corrected chi connectivity index (χ4v) is 11.4. The van der Waals surface area contributed by atoms with Gasteiger partial charge in [-0.2, -0.15) is 11.8 Å². The van der Waals surface area contributed by atoms with E-state index in [2.05, 4.69) is 31.9 Å². The van der Waals surface area contributed by atoms with Gasteiger partial charge in [0, 0.05) is 36.7 Å². The Balaban J connectivity index is 0.000000380. The molecular formula is C51H78N6O12S3. The van der Waals surface area contributed by atoms with Crippen molar-refractivity contribution in [3.05, 3.63) is 35.7 Å². The van der Waals surface area contributed by atoms with E-state index in [1.165, 1.54) is 22.9 Å². The topological polar surface area (TPSA) is 261 Å². The molecule has 72 heavy (non-hydrogen) atoms. The van der Waals surface area contributed by atoms with E-state index in [-0.39, 0.29) is 84.1 Å². The highest BCUT2D eigenvalue weighted by molar-refractivity contribution is 8.76. The van der Waals surface area contributed by atoms with E-state index in [4.69, 9.17) is 9.47 Å². The third-order valence-corrected chi connectivity index (χ3v) is 16.1. The van der Waals surface area contributed by atoms with Crippen LogP contribution >= 0.6 is 33.3 Å². The molecule has 4 aliphatic heterocycles. The molecule has 4 bridgehead atoms. The maximum absolute atomic E-state index is 13.2. The molecule has 18 nitrogen and oxygen atoms in total. The highest BCUT2D eigenvalue weighted by Gasteiger charge is 2.36. The first-order valence-corrected chi connectivity index (χ1v) is 28.8. The minimum absolute atomic E-state index is 0.00947. The molecule has 21 heteroatoms. The molecule has 3 fully saturated rings. The number of ether oxygens (including phenoxy) is 2. The molecule has 402 valence electrons. The molecule has 4 heterocycles. The SMILES string of the molecule is C/C=C1/NC(=O)[C@H]2CSSCCCC[C@H](CC(=O)N[C@H](C(C)C)C(=O)C2)OC(=O)[C@@H](C(C)C)NC1=O.C/C=C1\NC(=O)[C@H]2CCSCC/C=C/[C@H](CC(=O)C[C@H](C(C)C)C(=O)N2)OC(=O)[C@H](C(C)C)NC1=O. The van der Waals surface area contributed by atoms with Gasteiger partial charge >= 0.3 is 11.9 Å². The zero-order valence-electron chi connectivity index (χ0n) is 43.6. The lowest BCUT2D eigenvalue weighted by Crippen LogP contribution is -2.52.